The summed E-state index contributed by atoms with van der Waals surface area (Å²) >= 11 is 6.14. The molecule has 2 fully saturated rings. The number of fused-ring (bicyclic) bond motifs is 1. The van der Waals surface area contributed by atoms with Crippen LogP contribution in [0.15, 0.2) is 36.5 Å². The quantitative estimate of drug-likeness (QED) is 0.724. The van der Waals surface area contributed by atoms with E-state index >= 15 is 0 Å². The number of pyridine rings is 1. The minimum Gasteiger partial charge on any atom is -0.362 e. The summed E-state index contributed by atoms with van der Waals surface area (Å²) in [5.74, 6) is 1.66. The van der Waals surface area contributed by atoms with E-state index in [9.17, 15) is 9.59 Å². The third-order valence-electron chi connectivity index (χ3n) is 6.40. The van der Waals surface area contributed by atoms with E-state index in [1.165, 1.54) is 0 Å². The van der Waals surface area contributed by atoms with Crippen LogP contribution in [-0.2, 0) is 4.79 Å². The molecule has 2 atom stereocenters. The molecule has 32 heavy (non-hydrogen) atoms. The van der Waals surface area contributed by atoms with E-state index in [2.05, 4.69) is 15.2 Å². The van der Waals surface area contributed by atoms with E-state index in [1.54, 1.807) is 12.3 Å². The van der Waals surface area contributed by atoms with Crippen LogP contribution in [0.5, 0.6) is 0 Å². The molecule has 0 aliphatic carbocycles. The molecule has 4 rings (SSSR count). The summed E-state index contributed by atoms with van der Waals surface area (Å²) in [6, 6.07) is 9.22. The van der Waals surface area contributed by atoms with Crippen molar-refractivity contribution in [3.05, 3.63) is 52.7 Å². The van der Waals surface area contributed by atoms with E-state index in [0.29, 0.717) is 34.7 Å². The summed E-state index contributed by atoms with van der Waals surface area (Å²) in [7, 11) is 3.80. The van der Waals surface area contributed by atoms with Crippen molar-refractivity contribution in [3.63, 3.8) is 0 Å². The van der Waals surface area contributed by atoms with E-state index in [0.717, 1.165) is 44.0 Å². The number of hydrogen-bond acceptors (Lipinski definition) is 5. The number of aryl methyl sites for hydroxylation is 1. The monoisotopic (exact) mass is 455 g/mol. The van der Waals surface area contributed by atoms with E-state index < -0.39 is 0 Å². The molecule has 2 aliphatic rings. The van der Waals surface area contributed by atoms with Gasteiger partial charge in [-0.05, 0) is 48.6 Å². The van der Waals surface area contributed by atoms with Gasteiger partial charge in [-0.1, -0.05) is 17.7 Å². The van der Waals surface area contributed by atoms with Crippen molar-refractivity contribution < 1.29 is 9.59 Å². The van der Waals surface area contributed by atoms with Gasteiger partial charge in [0.1, 0.15) is 5.82 Å². The van der Waals surface area contributed by atoms with Gasteiger partial charge in [-0.25, -0.2) is 4.98 Å². The Bertz CT molecular complexity index is 998. The molecule has 170 valence electrons. The molecule has 7 nitrogen and oxygen atoms in total. The Hall–Kier alpha value is -2.64. The number of halogens is 1. The molecule has 2 saturated heterocycles. The standard InChI is InChI=1S/C24H30ClN5O2/c1-16-6-7-19(11-21(16)25)27-22(31)8-10-29-12-17-14-30(15-18(17)13-29)24(32)20-5-4-9-26-23(20)28(2)3/h4-7,9,11,17-18H,8,10,12-15H2,1-3H3,(H,27,31). The summed E-state index contributed by atoms with van der Waals surface area (Å²) in [4.78, 5) is 36.0. The fourth-order valence-corrected chi connectivity index (χ4v) is 4.86. The van der Waals surface area contributed by atoms with Gasteiger partial charge in [0.2, 0.25) is 5.91 Å². The van der Waals surface area contributed by atoms with Gasteiger partial charge in [0.15, 0.2) is 0 Å². The van der Waals surface area contributed by atoms with Crippen LogP contribution in [-0.4, -0.2) is 73.4 Å². The summed E-state index contributed by atoms with van der Waals surface area (Å²) in [6.45, 7) is 6.02. The number of hydrogen-bond donors (Lipinski definition) is 1. The topological polar surface area (TPSA) is 68.8 Å². The van der Waals surface area contributed by atoms with Gasteiger partial charge < -0.3 is 20.0 Å². The van der Waals surface area contributed by atoms with Crippen molar-refractivity contribution in [2.45, 2.75) is 13.3 Å². The van der Waals surface area contributed by atoms with Crippen molar-refractivity contribution in [1.29, 1.82) is 0 Å². The summed E-state index contributed by atoms with van der Waals surface area (Å²) in [6.07, 6.45) is 2.15. The number of nitrogens with one attached hydrogen (secondary N) is 1. The molecule has 2 aromatic rings. The number of anilines is 2. The highest BCUT2D eigenvalue weighted by Crippen LogP contribution is 2.32. The molecule has 0 saturated carbocycles. The third-order valence-corrected chi connectivity index (χ3v) is 6.81. The molecule has 2 amide bonds. The number of likely N-dealkylation sites (tertiary alicyclic amines) is 2. The fourth-order valence-electron chi connectivity index (χ4n) is 4.68. The first-order valence-corrected chi connectivity index (χ1v) is 11.4. The first kappa shape index (κ1) is 22.6. The second-order valence-electron chi connectivity index (χ2n) is 9.02. The Morgan fingerprint density at radius 3 is 2.53 bits per heavy atom. The van der Waals surface area contributed by atoms with Crippen molar-refractivity contribution in [3.8, 4) is 0 Å². The Labute approximate surface area is 194 Å². The highest BCUT2D eigenvalue weighted by molar-refractivity contribution is 6.31. The first-order valence-electron chi connectivity index (χ1n) is 11.0. The zero-order valence-electron chi connectivity index (χ0n) is 18.8. The maximum atomic E-state index is 13.1. The van der Waals surface area contributed by atoms with Gasteiger partial charge in [-0.15, -0.1) is 0 Å². The molecule has 0 spiro atoms. The van der Waals surface area contributed by atoms with Gasteiger partial charge >= 0.3 is 0 Å². The molecule has 0 radical (unpaired) electrons. The largest absolute Gasteiger partial charge is 0.362 e. The lowest BCUT2D eigenvalue weighted by Crippen LogP contribution is -2.35. The van der Waals surface area contributed by atoms with Gasteiger partial charge in [-0.2, -0.15) is 0 Å². The van der Waals surface area contributed by atoms with E-state index in [-0.39, 0.29) is 11.8 Å². The van der Waals surface area contributed by atoms with Crippen LogP contribution >= 0.6 is 11.6 Å². The van der Waals surface area contributed by atoms with Gasteiger partial charge in [0.05, 0.1) is 5.56 Å². The number of nitrogens with zero attached hydrogens (tertiary/aromatic N) is 4. The predicted octanol–water partition coefficient (Wildman–Crippen LogP) is 3.14. The lowest BCUT2D eigenvalue weighted by Gasteiger charge is -2.23. The molecule has 1 N–H and O–H groups in total. The molecule has 0 bridgehead atoms. The maximum absolute atomic E-state index is 13.1. The molecular weight excluding hydrogens is 426 g/mol. The summed E-state index contributed by atoms with van der Waals surface area (Å²) in [5.41, 5.74) is 2.37. The number of carbonyl (C=O) groups excluding carboxylic acids is 2. The number of carbonyl (C=O) groups is 2. The molecule has 1 aromatic heterocycles. The lowest BCUT2D eigenvalue weighted by atomic mass is 10.0. The number of amides is 2. The maximum Gasteiger partial charge on any atom is 0.257 e. The summed E-state index contributed by atoms with van der Waals surface area (Å²) in [5, 5.41) is 3.58. The predicted molar refractivity (Wildman–Crippen MR) is 127 cm³/mol. The number of benzene rings is 1. The van der Waals surface area contributed by atoms with Crippen molar-refractivity contribution >= 4 is 34.9 Å². The van der Waals surface area contributed by atoms with Crippen LogP contribution in [0.4, 0.5) is 11.5 Å². The second-order valence-corrected chi connectivity index (χ2v) is 9.43. The van der Waals surface area contributed by atoms with Gasteiger partial charge in [0.25, 0.3) is 5.91 Å². The molecule has 2 unspecified atom stereocenters. The lowest BCUT2D eigenvalue weighted by molar-refractivity contribution is -0.116. The highest BCUT2D eigenvalue weighted by atomic mass is 35.5. The fraction of sp³-hybridized carbons (Fsp3) is 0.458. The smallest absolute Gasteiger partial charge is 0.257 e. The minimum absolute atomic E-state index is 0.00780. The normalized spacial score (nSPS) is 20.3. The zero-order chi connectivity index (χ0) is 22.8. The van der Waals surface area contributed by atoms with Crippen molar-refractivity contribution in [1.82, 2.24) is 14.8 Å². The van der Waals surface area contributed by atoms with E-state index in [1.807, 2.05) is 55.1 Å². The Balaban J connectivity index is 1.26. The molecule has 1 aromatic carbocycles. The molecule has 3 heterocycles. The summed E-state index contributed by atoms with van der Waals surface area (Å²) < 4.78 is 0. The molecule has 2 aliphatic heterocycles. The molecule has 8 heteroatoms. The van der Waals surface area contributed by atoms with Gasteiger partial charge in [-0.3, -0.25) is 9.59 Å². The van der Waals surface area contributed by atoms with Crippen LogP contribution in [0, 0.1) is 18.8 Å². The molecular formula is C24H30ClN5O2. The Kier molecular flexibility index (Phi) is 6.67. The van der Waals surface area contributed by atoms with Crippen molar-refractivity contribution in [2.24, 2.45) is 11.8 Å². The van der Waals surface area contributed by atoms with Gasteiger partial charge in [0, 0.05) is 70.1 Å². The first-order chi connectivity index (χ1) is 15.3. The van der Waals surface area contributed by atoms with Crippen LogP contribution in [0.3, 0.4) is 0 Å². The average molecular weight is 456 g/mol. The average Bonchev–Trinajstić information content (AvgIpc) is 3.33. The number of rotatable bonds is 6. The van der Waals surface area contributed by atoms with E-state index in [4.69, 9.17) is 11.6 Å². The minimum atomic E-state index is -0.00780. The van der Waals surface area contributed by atoms with Crippen molar-refractivity contribution in [2.75, 3.05) is 57.0 Å². The SMILES string of the molecule is Cc1ccc(NC(=O)CCN2CC3CN(C(=O)c4cccnc4N(C)C)CC3C2)cc1Cl. The van der Waals surface area contributed by atoms with Crippen LogP contribution in [0.25, 0.3) is 0 Å². The van der Waals surface area contributed by atoms with Crippen LogP contribution in [0.1, 0.15) is 22.3 Å². The van der Waals surface area contributed by atoms with Crippen LogP contribution in [0.2, 0.25) is 5.02 Å². The van der Waals surface area contributed by atoms with Crippen LogP contribution < -0.4 is 10.2 Å². The third kappa shape index (κ3) is 4.89. The Morgan fingerprint density at radius 2 is 1.88 bits per heavy atom. The second kappa shape index (κ2) is 9.46. The number of aromatic nitrogens is 1. The zero-order valence-corrected chi connectivity index (χ0v) is 19.6. The Morgan fingerprint density at radius 1 is 1.16 bits per heavy atom. The highest BCUT2D eigenvalue weighted by Gasteiger charge is 2.42.